The first kappa shape index (κ1) is 20.1. The summed E-state index contributed by atoms with van der Waals surface area (Å²) in [6.45, 7) is 0. The van der Waals surface area contributed by atoms with Gasteiger partial charge < -0.3 is 19.8 Å². The first-order valence-electron chi connectivity index (χ1n) is 8.87. The number of halogens is 4. The summed E-state index contributed by atoms with van der Waals surface area (Å²) in [4.78, 5) is 12.6. The summed E-state index contributed by atoms with van der Waals surface area (Å²) in [5.41, 5.74) is 0.185. The maximum atomic E-state index is 13.7. The standard InChI is InChI=1S/C19H16ClF3N4O3/c1-29-14-5-4-10(7-11(14)20)24-18(28)13-9-17-25-12(15-3-2-6-30-15)8-16(19(21,22)23)27(17)26-13/h2-7,9,12,16,25H,8H2,1H3,(H,24,28)/t12-,16-/m0/s1. The van der Waals surface area contributed by atoms with Crippen molar-refractivity contribution >= 4 is 29.0 Å². The molecule has 2 atom stereocenters. The Morgan fingerprint density at radius 1 is 1.37 bits per heavy atom. The zero-order valence-electron chi connectivity index (χ0n) is 15.5. The molecule has 30 heavy (non-hydrogen) atoms. The zero-order chi connectivity index (χ0) is 21.5. The smallest absolute Gasteiger partial charge is 0.410 e. The van der Waals surface area contributed by atoms with Gasteiger partial charge in [0.25, 0.3) is 5.91 Å². The fourth-order valence-corrected chi connectivity index (χ4v) is 3.56. The Kier molecular flexibility index (Phi) is 5.10. The van der Waals surface area contributed by atoms with Crippen molar-refractivity contribution in [3.8, 4) is 5.75 Å². The quantitative estimate of drug-likeness (QED) is 0.593. The van der Waals surface area contributed by atoms with Gasteiger partial charge >= 0.3 is 6.18 Å². The van der Waals surface area contributed by atoms with Crippen LogP contribution in [0, 0.1) is 0 Å². The lowest BCUT2D eigenvalue weighted by Crippen LogP contribution is -2.35. The van der Waals surface area contributed by atoms with E-state index in [0.29, 0.717) is 17.2 Å². The number of benzene rings is 1. The minimum absolute atomic E-state index is 0.0721. The lowest BCUT2D eigenvalue weighted by Gasteiger charge is -2.32. The molecule has 0 saturated carbocycles. The highest BCUT2D eigenvalue weighted by Gasteiger charge is 2.47. The second-order valence-electron chi connectivity index (χ2n) is 6.67. The van der Waals surface area contributed by atoms with Crippen LogP contribution in [-0.4, -0.2) is 29.0 Å². The third kappa shape index (κ3) is 3.82. The number of nitrogens with zero attached hydrogens (tertiary/aromatic N) is 2. The highest BCUT2D eigenvalue weighted by atomic mass is 35.5. The number of rotatable bonds is 4. The second-order valence-corrected chi connectivity index (χ2v) is 7.08. The monoisotopic (exact) mass is 440 g/mol. The van der Waals surface area contributed by atoms with E-state index in [1.807, 2.05) is 0 Å². The predicted octanol–water partition coefficient (Wildman–Crippen LogP) is 5.05. The predicted molar refractivity (Wildman–Crippen MR) is 103 cm³/mol. The Bertz CT molecular complexity index is 1070. The molecule has 0 fully saturated rings. The number of anilines is 2. The molecule has 0 spiro atoms. The maximum absolute atomic E-state index is 13.7. The molecule has 0 saturated heterocycles. The molecule has 1 amide bonds. The van der Waals surface area contributed by atoms with Crippen LogP contribution >= 0.6 is 11.6 Å². The maximum Gasteiger partial charge on any atom is 0.410 e. The Balaban J connectivity index is 1.61. The molecule has 2 aromatic heterocycles. The summed E-state index contributed by atoms with van der Waals surface area (Å²) in [6.07, 6.45) is -3.48. The van der Waals surface area contributed by atoms with Gasteiger partial charge in [0, 0.05) is 18.2 Å². The van der Waals surface area contributed by atoms with Gasteiger partial charge in [-0.15, -0.1) is 0 Å². The molecule has 1 aliphatic heterocycles. The van der Waals surface area contributed by atoms with Gasteiger partial charge in [0.05, 0.1) is 24.4 Å². The molecule has 0 bridgehead atoms. The van der Waals surface area contributed by atoms with Crippen LogP contribution in [0.15, 0.2) is 47.1 Å². The van der Waals surface area contributed by atoms with Gasteiger partial charge in [-0.25, -0.2) is 4.68 Å². The lowest BCUT2D eigenvalue weighted by molar-refractivity contribution is -0.174. The molecule has 2 N–H and O–H groups in total. The summed E-state index contributed by atoms with van der Waals surface area (Å²) in [5.74, 6) is 0.196. The Labute approximate surface area is 173 Å². The molecule has 7 nitrogen and oxygen atoms in total. The number of alkyl halides is 3. The van der Waals surface area contributed by atoms with Crippen LogP contribution in [0.1, 0.15) is 34.8 Å². The Hall–Kier alpha value is -3.14. The number of furan rings is 1. The molecular weight excluding hydrogens is 425 g/mol. The molecule has 0 aliphatic carbocycles. The van der Waals surface area contributed by atoms with E-state index < -0.39 is 24.2 Å². The van der Waals surface area contributed by atoms with E-state index in [0.717, 1.165) is 4.68 Å². The van der Waals surface area contributed by atoms with Crippen LogP contribution < -0.4 is 15.4 Å². The van der Waals surface area contributed by atoms with E-state index in [-0.39, 0.29) is 23.0 Å². The van der Waals surface area contributed by atoms with Gasteiger partial charge in [-0.2, -0.15) is 18.3 Å². The lowest BCUT2D eigenvalue weighted by atomic mass is 10.0. The average molecular weight is 441 g/mol. The van der Waals surface area contributed by atoms with Crippen LogP contribution in [0.4, 0.5) is 24.7 Å². The van der Waals surface area contributed by atoms with Gasteiger partial charge in [0.1, 0.15) is 17.3 Å². The van der Waals surface area contributed by atoms with Crippen molar-refractivity contribution in [3.05, 3.63) is 59.1 Å². The van der Waals surface area contributed by atoms with Crippen molar-refractivity contribution in [1.82, 2.24) is 9.78 Å². The number of amides is 1. The number of methoxy groups -OCH3 is 1. The average Bonchev–Trinajstić information content (AvgIpc) is 3.36. The molecule has 1 aliphatic rings. The number of hydrogen-bond donors (Lipinski definition) is 2. The molecule has 3 aromatic rings. The highest BCUT2D eigenvalue weighted by Crippen LogP contribution is 2.43. The molecule has 1 aromatic carbocycles. The van der Waals surface area contributed by atoms with Gasteiger partial charge in [0.15, 0.2) is 11.7 Å². The van der Waals surface area contributed by atoms with Gasteiger partial charge in [-0.1, -0.05) is 11.6 Å². The molecular formula is C19H16ClF3N4O3. The van der Waals surface area contributed by atoms with Gasteiger partial charge in [-0.05, 0) is 30.3 Å². The van der Waals surface area contributed by atoms with Crippen molar-refractivity contribution in [1.29, 1.82) is 0 Å². The van der Waals surface area contributed by atoms with E-state index in [1.165, 1.54) is 25.5 Å². The van der Waals surface area contributed by atoms with Crippen LogP contribution in [0.3, 0.4) is 0 Å². The minimum atomic E-state index is -4.55. The van der Waals surface area contributed by atoms with E-state index in [1.54, 1.807) is 24.3 Å². The van der Waals surface area contributed by atoms with Crippen LogP contribution in [0.25, 0.3) is 0 Å². The first-order valence-corrected chi connectivity index (χ1v) is 9.25. The molecule has 0 unspecified atom stereocenters. The number of fused-ring (bicyclic) bond motifs is 1. The fraction of sp³-hybridized carbons (Fsp3) is 0.263. The van der Waals surface area contributed by atoms with Gasteiger partial charge in [0.2, 0.25) is 0 Å². The molecule has 3 heterocycles. The third-order valence-electron chi connectivity index (χ3n) is 4.72. The van der Waals surface area contributed by atoms with E-state index >= 15 is 0 Å². The summed E-state index contributed by atoms with van der Waals surface area (Å²) < 4.78 is 52.1. The minimum Gasteiger partial charge on any atom is -0.495 e. The van der Waals surface area contributed by atoms with Gasteiger partial charge in [-0.3, -0.25) is 4.79 Å². The van der Waals surface area contributed by atoms with Crippen molar-refractivity contribution in [3.63, 3.8) is 0 Å². The van der Waals surface area contributed by atoms with E-state index in [2.05, 4.69) is 15.7 Å². The normalized spacial score (nSPS) is 18.4. The number of carbonyl (C=O) groups excluding carboxylic acids is 1. The molecule has 4 rings (SSSR count). The number of carbonyl (C=O) groups is 1. The number of hydrogen-bond acceptors (Lipinski definition) is 5. The number of nitrogens with one attached hydrogen (secondary N) is 2. The molecule has 158 valence electrons. The molecule has 0 radical (unpaired) electrons. The summed E-state index contributed by atoms with van der Waals surface area (Å²) in [5, 5.41) is 9.70. The van der Waals surface area contributed by atoms with E-state index in [4.69, 9.17) is 20.8 Å². The summed E-state index contributed by atoms with van der Waals surface area (Å²) >= 11 is 6.04. The van der Waals surface area contributed by atoms with Crippen molar-refractivity contribution in [2.75, 3.05) is 17.7 Å². The topological polar surface area (TPSA) is 81.3 Å². The third-order valence-corrected chi connectivity index (χ3v) is 5.01. The van der Waals surface area contributed by atoms with Crippen LogP contribution in [0.2, 0.25) is 5.02 Å². The van der Waals surface area contributed by atoms with Crippen molar-refractivity contribution < 1.29 is 27.1 Å². The van der Waals surface area contributed by atoms with E-state index in [9.17, 15) is 18.0 Å². The second kappa shape index (κ2) is 7.60. The number of ether oxygens (including phenoxy) is 1. The summed E-state index contributed by atoms with van der Waals surface area (Å²) in [6, 6.07) is 6.45. The van der Waals surface area contributed by atoms with Crippen molar-refractivity contribution in [2.24, 2.45) is 0 Å². The van der Waals surface area contributed by atoms with Crippen molar-refractivity contribution in [2.45, 2.75) is 24.7 Å². The van der Waals surface area contributed by atoms with Crippen LogP contribution in [-0.2, 0) is 0 Å². The SMILES string of the molecule is COc1ccc(NC(=O)c2cc3n(n2)[C@H](C(F)(F)F)C[C@@H](c2ccco2)N3)cc1Cl. The highest BCUT2D eigenvalue weighted by molar-refractivity contribution is 6.32. The summed E-state index contributed by atoms with van der Waals surface area (Å²) in [7, 11) is 1.45. The Morgan fingerprint density at radius 3 is 2.80 bits per heavy atom. The molecule has 11 heteroatoms. The first-order chi connectivity index (χ1) is 14.3. The zero-order valence-corrected chi connectivity index (χ0v) is 16.3. The fourth-order valence-electron chi connectivity index (χ4n) is 3.30. The largest absolute Gasteiger partial charge is 0.495 e. The van der Waals surface area contributed by atoms with Crippen LogP contribution in [0.5, 0.6) is 5.75 Å². The Morgan fingerprint density at radius 2 is 2.17 bits per heavy atom. The number of aromatic nitrogens is 2.